The van der Waals surface area contributed by atoms with Crippen molar-refractivity contribution in [1.82, 2.24) is 10.2 Å². The summed E-state index contributed by atoms with van der Waals surface area (Å²) in [7, 11) is 0. The first-order chi connectivity index (χ1) is 9.33. The highest BCUT2D eigenvalue weighted by atomic mass is 15.2. The van der Waals surface area contributed by atoms with Crippen molar-refractivity contribution in [1.29, 1.82) is 0 Å². The molecule has 19 heavy (non-hydrogen) atoms. The number of hydrogen-bond acceptors (Lipinski definition) is 2. The van der Waals surface area contributed by atoms with Crippen LogP contribution in [0.2, 0.25) is 0 Å². The average molecular weight is 264 g/mol. The molecule has 3 N–H and O–H groups in total. The van der Waals surface area contributed by atoms with Gasteiger partial charge in [0, 0.05) is 18.1 Å². The first-order valence-corrected chi connectivity index (χ1v) is 8.15. The van der Waals surface area contributed by atoms with E-state index in [2.05, 4.69) is 15.2 Å². The van der Waals surface area contributed by atoms with Crippen LogP contribution in [0.15, 0.2) is 4.99 Å². The molecule has 0 bridgehead atoms. The quantitative estimate of drug-likeness (QED) is 0.602. The van der Waals surface area contributed by atoms with Crippen LogP contribution < -0.4 is 11.1 Å². The van der Waals surface area contributed by atoms with E-state index in [1.807, 2.05) is 0 Å². The molecular formula is C15H28N4. The lowest BCUT2D eigenvalue weighted by atomic mass is 10.0. The van der Waals surface area contributed by atoms with Gasteiger partial charge < -0.3 is 11.1 Å². The predicted octanol–water partition coefficient (Wildman–Crippen LogP) is 1.85. The molecule has 1 atom stereocenters. The molecule has 3 aliphatic rings. The Morgan fingerprint density at radius 3 is 2.53 bits per heavy atom. The van der Waals surface area contributed by atoms with Gasteiger partial charge in [0.05, 0.1) is 6.54 Å². The number of hydrogen-bond donors (Lipinski definition) is 2. The van der Waals surface area contributed by atoms with Crippen LogP contribution in [-0.4, -0.2) is 42.1 Å². The third kappa shape index (κ3) is 3.62. The van der Waals surface area contributed by atoms with Crippen molar-refractivity contribution in [2.24, 2.45) is 10.7 Å². The van der Waals surface area contributed by atoms with E-state index < -0.39 is 0 Å². The zero-order valence-corrected chi connectivity index (χ0v) is 12.0. The second kappa shape index (κ2) is 6.12. The van der Waals surface area contributed by atoms with Crippen molar-refractivity contribution in [3.8, 4) is 0 Å². The Morgan fingerprint density at radius 1 is 1.05 bits per heavy atom. The second-order valence-corrected chi connectivity index (χ2v) is 6.47. The fourth-order valence-electron chi connectivity index (χ4n) is 3.63. The van der Waals surface area contributed by atoms with Crippen LogP contribution >= 0.6 is 0 Å². The van der Waals surface area contributed by atoms with Crippen LogP contribution in [0.5, 0.6) is 0 Å². The van der Waals surface area contributed by atoms with Crippen LogP contribution in [0.1, 0.15) is 57.8 Å². The lowest BCUT2D eigenvalue weighted by Crippen LogP contribution is -2.44. The standard InChI is InChI=1S/C15H28N4/c16-15(18-12-5-1-2-6-12)17-11-14-7-3-4-10-19(14)13-8-9-13/h12-14H,1-11H2,(H3,16,17,18). The summed E-state index contributed by atoms with van der Waals surface area (Å²) in [5.41, 5.74) is 6.03. The molecule has 4 nitrogen and oxygen atoms in total. The first-order valence-electron chi connectivity index (χ1n) is 8.15. The van der Waals surface area contributed by atoms with Crippen molar-refractivity contribution < 1.29 is 0 Å². The Bertz CT molecular complexity index is 318. The molecule has 1 saturated heterocycles. The molecule has 0 spiro atoms. The summed E-state index contributed by atoms with van der Waals surface area (Å²) >= 11 is 0. The van der Waals surface area contributed by atoms with E-state index in [1.165, 1.54) is 64.3 Å². The molecule has 1 aliphatic heterocycles. The van der Waals surface area contributed by atoms with Gasteiger partial charge in [0.1, 0.15) is 0 Å². The van der Waals surface area contributed by atoms with Crippen LogP contribution in [0.4, 0.5) is 0 Å². The minimum Gasteiger partial charge on any atom is -0.370 e. The number of aliphatic imine (C=N–C) groups is 1. The number of rotatable bonds is 4. The molecule has 0 radical (unpaired) electrons. The van der Waals surface area contributed by atoms with Gasteiger partial charge >= 0.3 is 0 Å². The normalized spacial score (nSPS) is 30.7. The van der Waals surface area contributed by atoms with E-state index in [4.69, 9.17) is 5.73 Å². The van der Waals surface area contributed by atoms with E-state index >= 15 is 0 Å². The van der Waals surface area contributed by atoms with Gasteiger partial charge in [0.25, 0.3) is 0 Å². The van der Waals surface area contributed by atoms with Crippen LogP contribution in [0.3, 0.4) is 0 Å². The highest BCUT2D eigenvalue weighted by Crippen LogP contribution is 2.32. The van der Waals surface area contributed by atoms with Crippen molar-refractivity contribution in [3.05, 3.63) is 0 Å². The van der Waals surface area contributed by atoms with Gasteiger partial charge in [-0.2, -0.15) is 0 Å². The van der Waals surface area contributed by atoms with Crippen molar-refractivity contribution in [3.63, 3.8) is 0 Å². The van der Waals surface area contributed by atoms with Crippen molar-refractivity contribution in [2.75, 3.05) is 13.1 Å². The molecule has 4 heteroatoms. The number of piperidine rings is 1. The zero-order valence-electron chi connectivity index (χ0n) is 12.0. The van der Waals surface area contributed by atoms with Crippen LogP contribution in [0.25, 0.3) is 0 Å². The second-order valence-electron chi connectivity index (χ2n) is 6.47. The smallest absolute Gasteiger partial charge is 0.188 e. The predicted molar refractivity (Wildman–Crippen MR) is 79.2 cm³/mol. The van der Waals surface area contributed by atoms with E-state index in [9.17, 15) is 0 Å². The maximum atomic E-state index is 6.03. The summed E-state index contributed by atoms with van der Waals surface area (Å²) < 4.78 is 0. The number of nitrogens with zero attached hydrogens (tertiary/aromatic N) is 2. The molecule has 0 amide bonds. The minimum atomic E-state index is 0.578. The average Bonchev–Trinajstić information content (AvgIpc) is 3.15. The maximum absolute atomic E-state index is 6.03. The molecule has 0 aromatic carbocycles. The topological polar surface area (TPSA) is 53.6 Å². The molecule has 0 aromatic heterocycles. The first kappa shape index (κ1) is 13.2. The Morgan fingerprint density at radius 2 is 1.79 bits per heavy atom. The highest BCUT2D eigenvalue weighted by molar-refractivity contribution is 5.78. The van der Waals surface area contributed by atoms with Crippen molar-refractivity contribution >= 4 is 5.96 Å². The Labute approximate surface area is 116 Å². The fourth-order valence-corrected chi connectivity index (χ4v) is 3.63. The molecule has 1 unspecified atom stereocenters. The zero-order chi connectivity index (χ0) is 13.1. The number of guanidine groups is 1. The fraction of sp³-hybridized carbons (Fsp3) is 0.933. The van der Waals surface area contributed by atoms with E-state index in [0.717, 1.165) is 12.6 Å². The Kier molecular flexibility index (Phi) is 4.26. The lowest BCUT2D eigenvalue weighted by molar-refractivity contribution is 0.144. The number of nitrogens with two attached hydrogens (primary N) is 1. The summed E-state index contributed by atoms with van der Waals surface area (Å²) in [6.07, 6.45) is 12.0. The molecule has 0 aromatic rings. The molecule has 1 heterocycles. The third-order valence-electron chi connectivity index (χ3n) is 4.87. The lowest BCUT2D eigenvalue weighted by Gasteiger charge is -2.35. The molecule has 108 valence electrons. The van der Waals surface area contributed by atoms with E-state index in [1.54, 1.807) is 0 Å². The summed E-state index contributed by atoms with van der Waals surface area (Å²) in [4.78, 5) is 7.30. The van der Waals surface area contributed by atoms with Gasteiger partial charge in [0.15, 0.2) is 5.96 Å². The summed E-state index contributed by atoms with van der Waals surface area (Å²) in [6, 6.07) is 2.09. The number of nitrogens with one attached hydrogen (secondary N) is 1. The van der Waals surface area contributed by atoms with Crippen molar-refractivity contribution in [2.45, 2.75) is 75.9 Å². The van der Waals surface area contributed by atoms with E-state index in [0.29, 0.717) is 18.0 Å². The Hall–Kier alpha value is -0.770. The monoisotopic (exact) mass is 264 g/mol. The van der Waals surface area contributed by atoms with Gasteiger partial charge in [0.2, 0.25) is 0 Å². The molecule has 2 aliphatic carbocycles. The van der Waals surface area contributed by atoms with Crippen LogP contribution in [-0.2, 0) is 0 Å². The van der Waals surface area contributed by atoms with Gasteiger partial charge in [-0.25, -0.2) is 0 Å². The van der Waals surface area contributed by atoms with Gasteiger partial charge in [-0.15, -0.1) is 0 Å². The largest absolute Gasteiger partial charge is 0.370 e. The summed E-state index contributed by atoms with van der Waals surface area (Å²) in [5.74, 6) is 0.674. The van der Waals surface area contributed by atoms with Gasteiger partial charge in [-0.05, 0) is 45.1 Å². The van der Waals surface area contributed by atoms with E-state index in [-0.39, 0.29) is 0 Å². The number of likely N-dealkylation sites (tertiary alicyclic amines) is 1. The van der Waals surface area contributed by atoms with Crippen LogP contribution in [0, 0.1) is 0 Å². The highest BCUT2D eigenvalue weighted by Gasteiger charge is 2.34. The molecule has 3 fully saturated rings. The maximum Gasteiger partial charge on any atom is 0.188 e. The minimum absolute atomic E-state index is 0.578. The van der Waals surface area contributed by atoms with Gasteiger partial charge in [-0.3, -0.25) is 9.89 Å². The summed E-state index contributed by atoms with van der Waals surface area (Å²) in [5, 5.41) is 3.39. The SMILES string of the molecule is NC(=NCC1CCCCN1C1CC1)NC1CCCC1. The molecular weight excluding hydrogens is 236 g/mol. The third-order valence-corrected chi connectivity index (χ3v) is 4.87. The summed E-state index contributed by atoms with van der Waals surface area (Å²) in [6.45, 7) is 2.17. The molecule has 3 rings (SSSR count). The van der Waals surface area contributed by atoms with Gasteiger partial charge in [-0.1, -0.05) is 19.3 Å². The Balaban J connectivity index is 1.48. The molecule has 2 saturated carbocycles.